The summed E-state index contributed by atoms with van der Waals surface area (Å²) in [5.74, 6) is 1.62. The van der Waals surface area contributed by atoms with E-state index in [9.17, 15) is 4.79 Å². The quantitative estimate of drug-likeness (QED) is 0.873. The molecule has 2 aromatic rings. The Kier molecular flexibility index (Phi) is 5.27. The van der Waals surface area contributed by atoms with Gasteiger partial charge in [0.05, 0.1) is 31.1 Å². The number of aromatic nitrogens is 2. The Balaban J connectivity index is 1.38. The van der Waals surface area contributed by atoms with E-state index in [2.05, 4.69) is 15.3 Å². The van der Waals surface area contributed by atoms with Crippen LogP contribution >= 0.6 is 0 Å². The molecule has 8 nitrogen and oxygen atoms in total. The van der Waals surface area contributed by atoms with Gasteiger partial charge >= 0.3 is 6.03 Å². The monoisotopic (exact) mass is 385 g/mol. The lowest BCUT2D eigenvalue weighted by atomic mass is 10.0. The van der Waals surface area contributed by atoms with Gasteiger partial charge in [0.25, 0.3) is 0 Å². The third kappa shape index (κ3) is 3.85. The van der Waals surface area contributed by atoms with Crippen molar-refractivity contribution in [2.75, 3.05) is 44.3 Å². The van der Waals surface area contributed by atoms with Crippen molar-refractivity contribution in [3.8, 4) is 11.5 Å². The highest BCUT2D eigenvalue weighted by Crippen LogP contribution is 2.35. The number of nitrogens with one attached hydrogen (secondary N) is 1. The molecule has 3 heterocycles. The number of ether oxygens (including phenoxy) is 2. The number of anilines is 1. The molecular formula is C20H27N5O3. The molecule has 1 aromatic heterocycles. The lowest BCUT2D eigenvalue weighted by Crippen LogP contribution is -2.52. The number of aryl methyl sites for hydroxylation is 1. The molecule has 1 fully saturated rings. The van der Waals surface area contributed by atoms with Crippen molar-refractivity contribution in [2.45, 2.75) is 19.4 Å². The minimum atomic E-state index is -0.0620. The molecule has 0 aliphatic carbocycles. The predicted molar refractivity (Wildman–Crippen MR) is 106 cm³/mol. The number of nitrogens with zero attached hydrogens (tertiary/aromatic N) is 4. The number of benzene rings is 1. The molecule has 1 aromatic carbocycles. The smallest absolute Gasteiger partial charge is 0.318 e. The molecule has 2 aliphatic heterocycles. The summed E-state index contributed by atoms with van der Waals surface area (Å²) in [7, 11) is 1.91. The van der Waals surface area contributed by atoms with Gasteiger partial charge in [-0.2, -0.15) is 5.10 Å². The average Bonchev–Trinajstić information content (AvgIpc) is 3.15. The van der Waals surface area contributed by atoms with Crippen LogP contribution in [0.2, 0.25) is 0 Å². The van der Waals surface area contributed by atoms with Crippen LogP contribution in [0.1, 0.15) is 24.9 Å². The summed E-state index contributed by atoms with van der Waals surface area (Å²) >= 11 is 0. The first-order chi connectivity index (χ1) is 13.6. The molecule has 8 heteroatoms. The molecule has 0 saturated carbocycles. The highest BCUT2D eigenvalue weighted by Gasteiger charge is 2.27. The molecule has 0 spiro atoms. The highest BCUT2D eigenvalue weighted by molar-refractivity contribution is 5.75. The first-order valence-electron chi connectivity index (χ1n) is 9.82. The number of urea groups is 1. The van der Waals surface area contributed by atoms with Crippen LogP contribution in [0.3, 0.4) is 0 Å². The fourth-order valence-electron chi connectivity index (χ4n) is 3.76. The molecule has 2 aliphatic rings. The molecular weight excluding hydrogens is 358 g/mol. The van der Waals surface area contributed by atoms with Crippen molar-refractivity contribution in [1.82, 2.24) is 20.0 Å². The van der Waals surface area contributed by atoms with Crippen LogP contribution in [-0.2, 0) is 7.05 Å². The van der Waals surface area contributed by atoms with Gasteiger partial charge in [0, 0.05) is 51.4 Å². The van der Waals surface area contributed by atoms with Gasteiger partial charge < -0.3 is 24.6 Å². The van der Waals surface area contributed by atoms with Gasteiger partial charge in [0.1, 0.15) is 11.5 Å². The molecule has 1 atom stereocenters. The molecule has 1 unspecified atom stereocenters. The maximum atomic E-state index is 12.8. The lowest BCUT2D eigenvalue weighted by molar-refractivity contribution is 0.183. The minimum Gasteiger partial charge on any atom is -0.494 e. The van der Waals surface area contributed by atoms with Crippen molar-refractivity contribution in [2.24, 2.45) is 7.05 Å². The van der Waals surface area contributed by atoms with E-state index in [-0.39, 0.29) is 12.1 Å². The van der Waals surface area contributed by atoms with E-state index < -0.39 is 0 Å². The fourth-order valence-corrected chi connectivity index (χ4v) is 3.76. The van der Waals surface area contributed by atoms with E-state index in [0.29, 0.717) is 26.3 Å². The summed E-state index contributed by atoms with van der Waals surface area (Å²) in [6, 6.07) is 5.72. The van der Waals surface area contributed by atoms with E-state index >= 15 is 0 Å². The van der Waals surface area contributed by atoms with Crippen LogP contribution < -0.4 is 19.7 Å². The lowest BCUT2D eigenvalue weighted by Gasteiger charge is -2.36. The Morgan fingerprint density at radius 2 is 2.14 bits per heavy atom. The molecule has 28 heavy (non-hydrogen) atoms. The second-order valence-electron chi connectivity index (χ2n) is 7.12. The largest absolute Gasteiger partial charge is 0.494 e. The highest BCUT2D eigenvalue weighted by atomic mass is 16.5. The van der Waals surface area contributed by atoms with Crippen molar-refractivity contribution < 1.29 is 14.3 Å². The van der Waals surface area contributed by atoms with Gasteiger partial charge in [0.15, 0.2) is 0 Å². The Labute approximate surface area is 165 Å². The van der Waals surface area contributed by atoms with Crippen LogP contribution in [-0.4, -0.2) is 60.1 Å². The van der Waals surface area contributed by atoms with Crippen molar-refractivity contribution in [1.29, 1.82) is 0 Å². The number of piperazine rings is 1. The number of fused-ring (bicyclic) bond motifs is 1. The van der Waals surface area contributed by atoms with Gasteiger partial charge in [-0.3, -0.25) is 4.68 Å². The zero-order valence-electron chi connectivity index (χ0n) is 16.4. The summed E-state index contributed by atoms with van der Waals surface area (Å²) < 4.78 is 13.1. The normalized spacial score (nSPS) is 19.0. The summed E-state index contributed by atoms with van der Waals surface area (Å²) in [6.07, 6.45) is 4.62. The minimum absolute atomic E-state index is 0.0227. The van der Waals surface area contributed by atoms with Gasteiger partial charge in [-0.05, 0) is 25.1 Å². The van der Waals surface area contributed by atoms with Crippen LogP contribution in [0.5, 0.6) is 11.5 Å². The van der Waals surface area contributed by atoms with E-state index in [1.807, 2.05) is 49.5 Å². The molecule has 0 radical (unpaired) electrons. The molecule has 1 N–H and O–H groups in total. The van der Waals surface area contributed by atoms with Gasteiger partial charge in [-0.25, -0.2) is 4.79 Å². The topological polar surface area (TPSA) is 71.9 Å². The Morgan fingerprint density at radius 1 is 1.32 bits per heavy atom. The second-order valence-corrected chi connectivity index (χ2v) is 7.12. The van der Waals surface area contributed by atoms with E-state index in [0.717, 1.165) is 42.3 Å². The van der Waals surface area contributed by atoms with Crippen molar-refractivity contribution >= 4 is 11.7 Å². The zero-order valence-corrected chi connectivity index (χ0v) is 16.4. The number of carbonyl (C=O) groups excluding carboxylic acids is 1. The van der Waals surface area contributed by atoms with Crippen LogP contribution in [0.25, 0.3) is 0 Å². The van der Waals surface area contributed by atoms with E-state index in [4.69, 9.17) is 9.47 Å². The van der Waals surface area contributed by atoms with Gasteiger partial charge in [-0.15, -0.1) is 0 Å². The average molecular weight is 385 g/mol. The van der Waals surface area contributed by atoms with Crippen molar-refractivity contribution in [3.63, 3.8) is 0 Å². The van der Waals surface area contributed by atoms with E-state index in [1.54, 1.807) is 4.68 Å². The first-order valence-corrected chi connectivity index (χ1v) is 9.82. The number of hydrogen-bond acceptors (Lipinski definition) is 5. The van der Waals surface area contributed by atoms with Gasteiger partial charge in [-0.1, -0.05) is 0 Å². The summed E-state index contributed by atoms with van der Waals surface area (Å²) in [6.45, 7) is 6.15. The molecule has 0 bridgehead atoms. The standard InChI is InChI=1S/C20H27N5O3/c1-3-27-16-4-5-19-17(12-16)18(6-11-28-19)22-20(26)25-9-7-24(8-10-25)15-13-21-23(2)14-15/h4-5,12-14,18H,3,6-11H2,1-2H3,(H,22,26). The maximum Gasteiger partial charge on any atom is 0.318 e. The Morgan fingerprint density at radius 3 is 2.86 bits per heavy atom. The Bertz CT molecular complexity index is 829. The molecule has 4 rings (SSSR count). The number of hydrogen-bond donors (Lipinski definition) is 1. The number of amides is 2. The van der Waals surface area contributed by atoms with Crippen LogP contribution in [0, 0.1) is 0 Å². The predicted octanol–water partition coefficient (Wildman–Crippen LogP) is 2.17. The fraction of sp³-hybridized carbons (Fsp3) is 0.500. The third-order valence-electron chi connectivity index (χ3n) is 5.25. The van der Waals surface area contributed by atoms with E-state index in [1.165, 1.54) is 0 Å². The zero-order chi connectivity index (χ0) is 19.5. The molecule has 1 saturated heterocycles. The summed E-state index contributed by atoms with van der Waals surface area (Å²) in [4.78, 5) is 17.0. The van der Waals surface area contributed by atoms with Crippen LogP contribution in [0.15, 0.2) is 30.6 Å². The summed E-state index contributed by atoms with van der Waals surface area (Å²) in [5, 5.41) is 7.41. The van der Waals surface area contributed by atoms with Crippen LogP contribution in [0.4, 0.5) is 10.5 Å². The molecule has 150 valence electrons. The second kappa shape index (κ2) is 8.00. The first kappa shape index (κ1) is 18.5. The van der Waals surface area contributed by atoms with Gasteiger partial charge in [0.2, 0.25) is 0 Å². The van der Waals surface area contributed by atoms with Crippen molar-refractivity contribution in [3.05, 3.63) is 36.2 Å². The molecule has 2 amide bonds. The number of rotatable bonds is 4. The summed E-state index contributed by atoms with van der Waals surface area (Å²) in [5.41, 5.74) is 2.09. The Hall–Kier alpha value is -2.90. The SMILES string of the molecule is CCOc1ccc2c(c1)C(NC(=O)N1CCN(c3cnn(C)c3)CC1)CCO2. The third-order valence-corrected chi connectivity index (χ3v) is 5.25. The maximum absolute atomic E-state index is 12.8. The number of carbonyl (C=O) groups is 1.